The zero-order chi connectivity index (χ0) is 22.7. The standard InChI is InChI=1S/C25H37N5O2/c1-16-9-10-18-14-20(25(31)27-17(2)26)24(29-22(18)13-16)30-12-11-21(23(15-30)32-3)28-19-7-5-4-6-8-19/h9-10,13-14,17,19,21,23,28H,4-8,11-12,15,26H2,1-3H3,(H,27,31). The van der Waals surface area contributed by atoms with Crippen molar-refractivity contribution in [3.63, 3.8) is 0 Å². The molecule has 174 valence electrons. The van der Waals surface area contributed by atoms with Crippen molar-refractivity contribution >= 4 is 22.6 Å². The number of aryl methyl sites for hydroxylation is 1. The van der Waals surface area contributed by atoms with E-state index in [0.717, 1.165) is 29.4 Å². The number of nitrogens with one attached hydrogen (secondary N) is 2. The number of methoxy groups -OCH3 is 1. The summed E-state index contributed by atoms with van der Waals surface area (Å²) in [6.07, 6.45) is 7.05. The van der Waals surface area contributed by atoms with Gasteiger partial charge in [-0.25, -0.2) is 4.98 Å². The first kappa shape index (κ1) is 23.0. The Labute approximate surface area is 191 Å². The molecular formula is C25H37N5O2. The lowest BCUT2D eigenvalue weighted by Gasteiger charge is -2.41. The molecule has 4 N–H and O–H groups in total. The molecule has 3 unspecified atom stereocenters. The number of carbonyl (C=O) groups excluding carboxylic acids is 1. The van der Waals surface area contributed by atoms with Crippen LogP contribution in [-0.4, -0.2) is 55.4 Å². The molecule has 32 heavy (non-hydrogen) atoms. The third kappa shape index (κ3) is 5.22. The van der Waals surface area contributed by atoms with Gasteiger partial charge in [0.05, 0.1) is 23.3 Å². The molecule has 0 radical (unpaired) electrons. The molecule has 1 aromatic carbocycles. The number of piperidine rings is 1. The molecule has 7 heteroatoms. The van der Waals surface area contributed by atoms with Crippen molar-refractivity contribution in [3.05, 3.63) is 35.4 Å². The normalized spacial score (nSPS) is 23.3. The fourth-order valence-electron chi connectivity index (χ4n) is 5.07. The van der Waals surface area contributed by atoms with Crippen LogP contribution in [0.25, 0.3) is 10.9 Å². The molecule has 2 heterocycles. The van der Waals surface area contributed by atoms with E-state index in [1.54, 1.807) is 14.0 Å². The zero-order valence-electron chi connectivity index (χ0n) is 19.6. The number of anilines is 1. The molecule has 1 saturated heterocycles. The minimum atomic E-state index is -0.429. The van der Waals surface area contributed by atoms with Crippen LogP contribution in [0.1, 0.15) is 61.4 Å². The van der Waals surface area contributed by atoms with Crippen molar-refractivity contribution in [2.75, 3.05) is 25.1 Å². The van der Waals surface area contributed by atoms with Gasteiger partial charge in [-0.15, -0.1) is 0 Å². The zero-order valence-corrected chi connectivity index (χ0v) is 19.6. The second kappa shape index (κ2) is 10.1. The quantitative estimate of drug-likeness (QED) is 0.599. The van der Waals surface area contributed by atoms with E-state index >= 15 is 0 Å². The Morgan fingerprint density at radius 2 is 2.00 bits per heavy atom. The van der Waals surface area contributed by atoms with Crippen LogP contribution in [0.5, 0.6) is 0 Å². The first-order valence-corrected chi connectivity index (χ1v) is 12.0. The van der Waals surface area contributed by atoms with Crippen molar-refractivity contribution in [2.45, 2.75) is 76.7 Å². The summed E-state index contributed by atoms with van der Waals surface area (Å²) >= 11 is 0. The number of hydrogen-bond acceptors (Lipinski definition) is 6. The largest absolute Gasteiger partial charge is 0.378 e. The van der Waals surface area contributed by atoms with Crippen LogP contribution in [0.4, 0.5) is 5.82 Å². The van der Waals surface area contributed by atoms with E-state index in [0.29, 0.717) is 30.0 Å². The molecule has 2 aromatic rings. The molecule has 3 atom stereocenters. The van der Waals surface area contributed by atoms with Gasteiger partial charge in [-0.3, -0.25) is 4.79 Å². The number of pyridine rings is 1. The fourth-order valence-corrected chi connectivity index (χ4v) is 5.07. The number of fused-ring (bicyclic) bond motifs is 1. The number of nitrogens with two attached hydrogens (primary N) is 1. The SMILES string of the molecule is COC1CN(c2nc3cc(C)ccc3cc2C(=O)NC(C)N)CCC1NC1CCCCC1. The Hall–Kier alpha value is -2.22. The predicted octanol–water partition coefficient (Wildman–Crippen LogP) is 3.09. The number of carbonyl (C=O) groups is 1. The number of rotatable bonds is 6. The molecule has 2 fully saturated rings. The van der Waals surface area contributed by atoms with Crippen LogP contribution in [0.2, 0.25) is 0 Å². The number of ether oxygens (including phenoxy) is 1. The Morgan fingerprint density at radius 3 is 2.72 bits per heavy atom. The molecule has 0 bridgehead atoms. The maximum atomic E-state index is 13.0. The molecule has 0 spiro atoms. The molecule has 1 aliphatic carbocycles. The van der Waals surface area contributed by atoms with Gasteiger partial charge in [0.1, 0.15) is 5.82 Å². The molecule has 1 aromatic heterocycles. The van der Waals surface area contributed by atoms with E-state index in [2.05, 4.69) is 28.5 Å². The summed E-state index contributed by atoms with van der Waals surface area (Å²) in [4.78, 5) is 20.2. The van der Waals surface area contributed by atoms with Crippen LogP contribution in [0.3, 0.4) is 0 Å². The summed E-state index contributed by atoms with van der Waals surface area (Å²) in [6, 6.07) is 8.97. The smallest absolute Gasteiger partial charge is 0.256 e. The van der Waals surface area contributed by atoms with Gasteiger partial charge in [0.2, 0.25) is 0 Å². The lowest BCUT2D eigenvalue weighted by Crippen LogP contribution is -2.56. The van der Waals surface area contributed by atoms with Gasteiger partial charge in [-0.2, -0.15) is 0 Å². The molecular weight excluding hydrogens is 402 g/mol. The minimum Gasteiger partial charge on any atom is -0.378 e. The first-order valence-electron chi connectivity index (χ1n) is 12.0. The van der Waals surface area contributed by atoms with Crippen molar-refractivity contribution in [1.29, 1.82) is 0 Å². The van der Waals surface area contributed by atoms with Crippen molar-refractivity contribution in [1.82, 2.24) is 15.6 Å². The number of aromatic nitrogens is 1. The summed E-state index contributed by atoms with van der Waals surface area (Å²) in [6.45, 7) is 5.34. The van der Waals surface area contributed by atoms with Gasteiger partial charge in [-0.1, -0.05) is 31.4 Å². The molecule has 2 aliphatic rings. The van der Waals surface area contributed by atoms with Crippen molar-refractivity contribution in [3.8, 4) is 0 Å². The van der Waals surface area contributed by atoms with E-state index in [1.165, 1.54) is 32.1 Å². The van der Waals surface area contributed by atoms with E-state index in [1.807, 2.05) is 18.2 Å². The Kier molecular flexibility index (Phi) is 7.28. The van der Waals surface area contributed by atoms with Gasteiger partial charge in [0.25, 0.3) is 5.91 Å². The average Bonchev–Trinajstić information content (AvgIpc) is 2.78. The second-order valence-electron chi connectivity index (χ2n) is 9.43. The lowest BCUT2D eigenvalue weighted by atomic mass is 9.92. The third-order valence-corrected chi connectivity index (χ3v) is 6.77. The van der Waals surface area contributed by atoms with Crippen molar-refractivity contribution < 1.29 is 9.53 Å². The third-order valence-electron chi connectivity index (χ3n) is 6.77. The van der Waals surface area contributed by atoms with E-state index in [-0.39, 0.29) is 12.0 Å². The summed E-state index contributed by atoms with van der Waals surface area (Å²) in [5.74, 6) is 0.515. The lowest BCUT2D eigenvalue weighted by molar-refractivity contribution is 0.0533. The van der Waals surface area contributed by atoms with E-state index in [4.69, 9.17) is 15.5 Å². The highest BCUT2D eigenvalue weighted by molar-refractivity contribution is 6.02. The van der Waals surface area contributed by atoms with Gasteiger partial charge in [0, 0.05) is 37.7 Å². The Bertz CT molecular complexity index is 941. The highest BCUT2D eigenvalue weighted by Crippen LogP contribution is 2.28. The first-order chi connectivity index (χ1) is 15.4. The van der Waals surface area contributed by atoms with Gasteiger partial charge in [-0.05, 0) is 50.8 Å². The highest BCUT2D eigenvalue weighted by Gasteiger charge is 2.33. The van der Waals surface area contributed by atoms with E-state index in [9.17, 15) is 4.79 Å². The van der Waals surface area contributed by atoms with Crippen molar-refractivity contribution in [2.24, 2.45) is 5.73 Å². The fraction of sp³-hybridized carbons (Fsp3) is 0.600. The Balaban J connectivity index is 1.60. The number of hydrogen-bond donors (Lipinski definition) is 3. The molecule has 7 nitrogen and oxygen atoms in total. The second-order valence-corrected chi connectivity index (χ2v) is 9.43. The molecule has 1 saturated carbocycles. The molecule has 4 rings (SSSR count). The monoisotopic (exact) mass is 439 g/mol. The van der Waals surface area contributed by atoms with Gasteiger partial charge in [0.15, 0.2) is 0 Å². The van der Waals surface area contributed by atoms with Crippen LogP contribution in [0.15, 0.2) is 24.3 Å². The van der Waals surface area contributed by atoms with Crippen LogP contribution in [0, 0.1) is 6.92 Å². The number of benzene rings is 1. The van der Waals surface area contributed by atoms with Crippen LogP contribution in [-0.2, 0) is 4.74 Å². The van der Waals surface area contributed by atoms with Gasteiger partial charge < -0.3 is 26.0 Å². The maximum Gasteiger partial charge on any atom is 0.256 e. The molecule has 1 amide bonds. The summed E-state index contributed by atoms with van der Waals surface area (Å²) < 4.78 is 5.92. The van der Waals surface area contributed by atoms with E-state index < -0.39 is 6.17 Å². The van der Waals surface area contributed by atoms with Crippen LogP contribution >= 0.6 is 0 Å². The minimum absolute atomic E-state index is 0.0463. The average molecular weight is 440 g/mol. The number of nitrogens with zero attached hydrogens (tertiary/aromatic N) is 2. The topological polar surface area (TPSA) is 92.5 Å². The summed E-state index contributed by atoms with van der Waals surface area (Å²) in [7, 11) is 1.78. The highest BCUT2D eigenvalue weighted by atomic mass is 16.5. The predicted molar refractivity (Wildman–Crippen MR) is 129 cm³/mol. The maximum absolute atomic E-state index is 13.0. The molecule has 1 aliphatic heterocycles. The van der Waals surface area contributed by atoms with Gasteiger partial charge >= 0.3 is 0 Å². The Morgan fingerprint density at radius 1 is 1.22 bits per heavy atom. The summed E-state index contributed by atoms with van der Waals surface area (Å²) in [5.41, 5.74) is 8.45. The van der Waals surface area contributed by atoms with Crippen LogP contribution < -0.4 is 21.3 Å². The summed E-state index contributed by atoms with van der Waals surface area (Å²) in [5, 5.41) is 7.65. The number of amides is 1.